The molecule has 0 aliphatic carbocycles. The number of halogens is 1. The third-order valence-electron chi connectivity index (χ3n) is 4.83. The SMILES string of the molecule is [C-]#[N+]c1c(N)ncnc1NC(C)c1c(-c2ccccc2)[nH]c2c(Cl)cccc2c1=O. The van der Waals surface area contributed by atoms with E-state index in [9.17, 15) is 4.79 Å². The van der Waals surface area contributed by atoms with Crippen molar-refractivity contribution in [2.24, 2.45) is 0 Å². The quantitative estimate of drug-likeness (QED) is 0.409. The molecule has 1 atom stereocenters. The molecule has 7 nitrogen and oxygen atoms in total. The number of anilines is 2. The summed E-state index contributed by atoms with van der Waals surface area (Å²) in [6.07, 6.45) is 1.28. The molecule has 4 rings (SSSR count). The molecule has 0 saturated carbocycles. The largest absolute Gasteiger partial charge is 0.392 e. The molecule has 0 aliphatic heterocycles. The van der Waals surface area contributed by atoms with Gasteiger partial charge in [-0.15, -0.1) is 0 Å². The van der Waals surface area contributed by atoms with Gasteiger partial charge in [-0.25, -0.2) is 14.8 Å². The summed E-state index contributed by atoms with van der Waals surface area (Å²) in [5.74, 6) is 0.354. The summed E-state index contributed by atoms with van der Waals surface area (Å²) >= 11 is 6.36. The summed E-state index contributed by atoms with van der Waals surface area (Å²) in [5, 5.41) is 4.10. The van der Waals surface area contributed by atoms with Crippen LogP contribution in [0.1, 0.15) is 18.5 Å². The number of para-hydroxylation sites is 1. The predicted molar refractivity (Wildman–Crippen MR) is 120 cm³/mol. The van der Waals surface area contributed by atoms with Gasteiger partial charge >= 0.3 is 0 Å². The van der Waals surface area contributed by atoms with Crippen molar-refractivity contribution in [1.82, 2.24) is 15.0 Å². The molecule has 0 spiro atoms. The van der Waals surface area contributed by atoms with Crippen LogP contribution >= 0.6 is 11.6 Å². The van der Waals surface area contributed by atoms with Crippen LogP contribution in [0.5, 0.6) is 0 Å². The molecule has 8 heteroatoms. The Bertz CT molecular complexity index is 1340. The Morgan fingerprint density at radius 2 is 1.93 bits per heavy atom. The molecule has 1 unspecified atom stereocenters. The van der Waals surface area contributed by atoms with Crippen molar-refractivity contribution in [3.05, 3.63) is 87.1 Å². The summed E-state index contributed by atoms with van der Waals surface area (Å²) in [4.78, 5) is 28.2. The van der Waals surface area contributed by atoms with Gasteiger partial charge in [0, 0.05) is 10.9 Å². The van der Waals surface area contributed by atoms with E-state index in [0.717, 1.165) is 5.56 Å². The molecule has 30 heavy (non-hydrogen) atoms. The van der Waals surface area contributed by atoms with E-state index < -0.39 is 6.04 Å². The summed E-state index contributed by atoms with van der Waals surface area (Å²) in [7, 11) is 0. The average molecular weight is 417 g/mol. The van der Waals surface area contributed by atoms with Crippen molar-refractivity contribution in [3.8, 4) is 11.3 Å². The summed E-state index contributed by atoms with van der Waals surface area (Å²) in [6, 6.07) is 14.3. The second-order valence-electron chi connectivity index (χ2n) is 6.71. The zero-order valence-electron chi connectivity index (χ0n) is 16.0. The van der Waals surface area contributed by atoms with Gasteiger partial charge in [0.15, 0.2) is 5.43 Å². The lowest BCUT2D eigenvalue weighted by Crippen LogP contribution is -2.21. The molecule has 0 saturated heterocycles. The third-order valence-corrected chi connectivity index (χ3v) is 5.15. The van der Waals surface area contributed by atoms with Gasteiger partial charge in [-0.3, -0.25) is 4.79 Å². The molecule has 2 aromatic heterocycles. The standard InChI is InChI=1S/C22H17ClN6O/c1-12(28-22-19(25-2)21(24)26-11-27-22)16-17(13-7-4-3-5-8-13)29-18-14(20(16)30)9-6-10-15(18)23/h3-12H,1H3,(H,29,30)(H3,24,26,27,28). The van der Waals surface area contributed by atoms with E-state index in [4.69, 9.17) is 23.9 Å². The number of hydrogen-bond acceptors (Lipinski definition) is 5. The zero-order valence-corrected chi connectivity index (χ0v) is 16.7. The van der Waals surface area contributed by atoms with Crippen LogP contribution in [0.3, 0.4) is 0 Å². The number of pyridine rings is 1. The minimum absolute atomic E-state index is 0.0807. The lowest BCUT2D eigenvalue weighted by Gasteiger charge is -2.20. The molecule has 148 valence electrons. The van der Waals surface area contributed by atoms with Crippen LogP contribution in [0.2, 0.25) is 5.02 Å². The van der Waals surface area contributed by atoms with E-state index in [1.54, 1.807) is 18.2 Å². The van der Waals surface area contributed by atoms with Crippen molar-refractivity contribution in [2.45, 2.75) is 13.0 Å². The molecular weight excluding hydrogens is 400 g/mol. The highest BCUT2D eigenvalue weighted by Gasteiger charge is 2.21. The smallest absolute Gasteiger partial charge is 0.268 e. The molecule has 4 aromatic rings. The molecule has 2 aromatic carbocycles. The molecule has 0 aliphatic rings. The van der Waals surface area contributed by atoms with Gasteiger partial charge in [0.25, 0.3) is 5.69 Å². The van der Waals surface area contributed by atoms with E-state index in [0.29, 0.717) is 27.2 Å². The van der Waals surface area contributed by atoms with Crippen molar-refractivity contribution >= 4 is 39.8 Å². The Labute approximate surface area is 177 Å². The number of aromatic nitrogens is 3. The number of aromatic amines is 1. The van der Waals surface area contributed by atoms with E-state index in [1.807, 2.05) is 37.3 Å². The van der Waals surface area contributed by atoms with E-state index in [2.05, 4.69) is 25.1 Å². The summed E-state index contributed by atoms with van der Waals surface area (Å²) in [6.45, 7) is 9.20. The third kappa shape index (κ3) is 3.34. The first-order valence-corrected chi connectivity index (χ1v) is 9.53. The van der Waals surface area contributed by atoms with E-state index in [1.165, 1.54) is 6.33 Å². The normalized spacial score (nSPS) is 11.8. The van der Waals surface area contributed by atoms with Crippen molar-refractivity contribution in [3.63, 3.8) is 0 Å². The topological polar surface area (TPSA) is 101 Å². The number of nitrogens with zero attached hydrogens (tertiary/aromatic N) is 3. The fourth-order valence-electron chi connectivity index (χ4n) is 3.42. The lowest BCUT2D eigenvalue weighted by atomic mass is 9.98. The Morgan fingerprint density at radius 1 is 1.17 bits per heavy atom. The number of rotatable bonds is 4. The molecule has 0 amide bonds. The highest BCUT2D eigenvalue weighted by molar-refractivity contribution is 6.35. The first-order valence-electron chi connectivity index (χ1n) is 9.15. The van der Waals surface area contributed by atoms with Gasteiger partial charge in [0.05, 0.1) is 28.8 Å². The minimum atomic E-state index is -0.484. The van der Waals surface area contributed by atoms with Gasteiger partial charge in [-0.05, 0) is 24.6 Å². The van der Waals surface area contributed by atoms with Crippen LogP contribution < -0.4 is 16.5 Å². The molecule has 4 N–H and O–H groups in total. The first-order chi connectivity index (χ1) is 14.5. The highest BCUT2D eigenvalue weighted by atomic mass is 35.5. The number of nitrogen functional groups attached to an aromatic ring is 1. The van der Waals surface area contributed by atoms with Gasteiger partial charge in [-0.2, -0.15) is 0 Å². The maximum atomic E-state index is 13.5. The number of nitrogens with one attached hydrogen (secondary N) is 2. The monoisotopic (exact) mass is 416 g/mol. The van der Waals surface area contributed by atoms with Crippen molar-refractivity contribution in [1.29, 1.82) is 0 Å². The number of H-pyrrole nitrogens is 1. The fourth-order valence-corrected chi connectivity index (χ4v) is 3.64. The van der Waals surface area contributed by atoms with Crippen LogP contribution in [0, 0.1) is 6.57 Å². The first kappa shape index (κ1) is 19.4. The Hall–Kier alpha value is -3.89. The van der Waals surface area contributed by atoms with Crippen LogP contribution in [0.25, 0.3) is 27.0 Å². The molecular formula is C22H17ClN6O. The highest BCUT2D eigenvalue weighted by Crippen LogP contribution is 2.33. The summed E-state index contributed by atoms with van der Waals surface area (Å²) in [5.41, 5.74) is 8.33. The fraction of sp³-hybridized carbons (Fsp3) is 0.0909. The van der Waals surface area contributed by atoms with Crippen LogP contribution in [0.15, 0.2) is 59.7 Å². The van der Waals surface area contributed by atoms with Crippen LogP contribution in [-0.2, 0) is 0 Å². The predicted octanol–water partition coefficient (Wildman–Crippen LogP) is 4.94. The molecule has 2 heterocycles. The maximum Gasteiger partial charge on any atom is 0.268 e. The maximum absolute atomic E-state index is 13.5. The number of hydrogen-bond donors (Lipinski definition) is 3. The van der Waals surface area contributed by atoms with Gasteiger partial charge in [0.1, 0.15) is 18.0 Å². The van der Waals surface area contributed by atoms with Crippen LogP contribution in [-0.4, -0.2) is 15.0 Å². The van der Waals surface area contributed by atoms with Crippen molar-refractivity contribution < 1.29 is 0 Å². The summed E-state index contributed by atoms with van der Waals surface area (Å²) < 4.78 is 0. The van der Waals surface area contributed by atoms with Gasteiger partial charge in [-0.1, -0.05) is 48.0 Å². The number of benzene rings is 2. The molecule has 0 fully saturated rings. The Kier molecular flexibility index (Phi) is 5.09. The average Bonchev–Trinajstić information content (AvgIpc) is 2.75. The zero-order chi connectivity index (χ0) is 21.3. The molecule has 0 bridgehead atoms. The number of nitrogens with two attached hydrogens (primary N) is 1. The Morgan fingerprint density at radius 3 is 2.67 bits per heavy atom. The molecule has 0 radical (unpaired) electrons. The van der Waals surface area contributed by atoms with Gasteiger partial charge in [0.2, 0.25) is 0 Å². The van der Waals surface area contributed by atoms with Gasteiger partial charge < -0.3 is 16.0 Å². The minimum Gasteiger partial charge on any atom is -0.392 e. The van der Waals surface area contributed by atoms with Crippen LogP contribution in [0.4, 0.5) is 17.3 Å². The van der Waals surface area contributed by atoms with E-state index in [-0.39, 0.29) is 22.8 Å². The Balaban J connectivity index is 1.94. The second kappa shape index (κ2) is 7.85. The number of fused-ring (bicyclic) bond motifs is 1. The van der Waals surface area contributed by atoms with Crippen molar-refractivity contribution in [2.75, 3.05) is 11.1 Å². The second-order valence-corrected chi connectivity index (χ2v) is 7.11. The lowest BCUT2D eigenvalue weighted by molar-refractivity contribution is 0.864. The van der Waals surface area contributed by atoms with E-state index >= 15 is 0 Å².